The number of hydrogen-bond donors (Lipinski definition) is 0. The summed E-state index contributed by atoms with van der Waals surface area (Å²) in [4.78, 5) is 0. The summed E-state index contributed by atoms with van der Waals surface area (Å²) in [6, 6.07) is 113. The second-order valence-electron chi connectivity index (χ2n) is 22.0. The minimum Gasteiger partial charge on any atom is -0.309 e. The third kappa shape index (κ3) is 6.87. The summed E-state index contributed by atoms with van der Waals surface area (Å²) >= 11 is 0. The smallest absolute Gasteiger partial charge is 0.0719 e. The Morgan fingerprint density at radius 2 is 0.593 bits per heavy atom. The largest absolute Gasteiger partial charge is 0.309 e. The van der Waals surface area contributed by atoms with Crippen LogP contribution in [0.1, 0.15) is 22.3 Å². The first-order chi connectivity index (χ1) is 40.1. The summed E-state index contributed by atoms with van der Waals surface area (Å²) in [5, 5.41) is 5.00. The lowest BCUT2D eigenvalue weighted by molar-refractivity contribution is 0.771. The molecule has 13 aromatic carbocycles. The number of nitrogens with zero attached hydrogens (tertiary/aromatic N) is 2. The fourth-order valence-electron chi connectivity index (χ4n) is 14.0. The van der Waals surface area contributed by atoms with Gasteiger partial charge in [-0.1, -0.05) is 224 Å². The molecule has 0 aliphatic heterocycles. The van der Waals surface area contributed by atoms with Gasteiger partial charge in [0.05, 0.1) is 27.5 Å². The van der Waals surface area contributed by atoms with Crippen molar-refractivity contribution in [3.05, 3.63) is 326 Å². The molecule has 4 bridgehead atoms. The molecule has 2 heterocycles. The normalized spacial score (nSPS) is 14.0. The monoisotopic (exact) mass is 1030 g/mol. The molecule has 0 amide bonds. The van der Waals surface area contributed by atoms with Crippen LogP contribution in [0.25, 0.3) is 133 Å². The molecule has 0 saturated heterocycles. The van der Waals surface area contributed by atoms with Gasteiger partial charge in [-0.15, -0.1) is 0 Å². The first kappa shape index (κ1) is 45.5. The Morgan fingerprint density at radius 3 is 1.21 bits per heavy atom. The van der Waals surface area contributed by atoms with Gasteiger partial charge in [-0.3, -0.25) is 0 Å². The van der Waals surface area contributed by atoms with E-state index in [2.05, 4.69) is 312 Å². The molecule has 2 nitrogen and oxygen atoms in total. The predicted octanol–water partition coefficient (Wildman–Crippen LogP) is 20.6. The molecule has 2 heteroatoms. The Hall–Kier alpha value is -10.5. The molecule has 1 atom stereocenters. The topological polar surface area (TPSA) is 9.86 Å². The maximum absolute atomic E-state index is 2.47. The number of benzene rings is 13. The van der Waals surface area contributed by atoms with E-state index in [0.717, 1.165) is 5.69 Å². The van der Waals surface area contributed by atoms with Crippen molar-refractivity contribution in [2.24, 2.45) is 0 Å². The van der Waals surface area contributed by atoms with Crippen molar-refractivity contribution in [3.63, 3.8) is 0 Å². The lowest BCUT2D eigenvalue weighted by Crippen LogP contribution is -2.29. The summed E-state index contributed by atoms with van der Waals surface area (Å²) in [7, 11) is 0. The number of para-hydroxylation sites is 3. The van der Waals surface area contributed by atoms with E-state index >= 15 is 0 Å². The van der Waals surface area contributed by atoms with Crippen LogP contribution in [-0.2, 0) is 5.41 Å². The Morgan fingerprint density at radius 1 is 0.198 bits per heavy atom. The summed E-state index contributed by atoms with van der Waals surface area (Å²) in [6.45, 7) is 0. The van der Waals surface area contributed by atoms with Crippen LogP contribution in [0.4, 0.5) is 0 Å². The van der Waals surface area contributed by atoms with Crippen LogP contribution < -0.4 is 0 Å². The van der Waals surface area contributed by atoms with Crippen LogP contribution in [0.3, 0.4) is 0 Å². The van der Waals surface area contributed by atoms with Gasteiger partial charge in [0.1, 0.15) is 0 Å². The van der Waals surface area contributed by atoms with E-state index in [1.165, 1.54) is 149 Å². The fourth-order valence-corrected chi connectivity index (χ4v) is 14.0. The van der Waals surface area contributed by atoms with E-state index < -0.39 is 5.41 Å². The maximum Gasteiger partial charge on any atom is 0.0719 e. The number of hydrogen-bond acceptors (Lipinski definition) is 0. The molecule has 17 rings (SSSR count). The van der Waals surface area contributed by atoms with Gasteiger partial charge in [0, 0.05) is 32.9 Å². The van der Waals surface area contributed by atoms with E-state index in [9.17, 15) is 0 Å². The molecular weight excluding hydrogens is 977 g/mol. The first-order valence-electron chi connectivity index (χ1n) is 28.1. The van der Waals surface area contributed by atoms with Gasteiger partial charge in [0.2, 0.25) is 0 Å². The molecule has 2 aliphatic carbocycles. The SMILES string of the molecule is c1ccc(-n2c3ccccc3c3cc(-c4ccc5c(c4)c4ccccc4n5-c4ccc(-c5ccc(-c6ccc(-c7cccc(C89c%10ccccc%10-c%10cccc(c%10)-c%10ccc(c8c%10)-c8ccccc89)c7)cc6)cc5)cc4)ccc32)cc1. The van der Waals surface area contributed by atoms with Gasteiger partial charge in [-0.2, -0.15) is 0 Å². The van der Waals surface area contributed by atoms with Crippen LogP contribution in [-0.4, -0.2) is 9.13 Å². The van der Waals surface area contributed by atoms with Crippen LogP contribution in [0.5, 0.6) is 0 Å². The predicted molar refractivity (Wildman–Crippen MR) is 339 cm³/mol. The summed E-state index contributed by atoms with van der Waals surface area (Å²) in [5.74, 6) is 0. The van der Waals surface area contributed by atoms with Crippen LogP contribution in [0.2, 0.25) is 0 Å². The van der Waals surface area contributed by atoms with E-state index in [1.807, 2.05) is 0 Å². The quantitative estimate of drug-likeness (QED) is 0.151. The van der Waals surface area contributed by atoms with Crippen molar-refractivity contribution in [2.75, 3.05) is 0 Å². The molecule has 2 aliphatic rings. The summed E-state index contributed by atoms with van der Waals surface area (Å²) in [5.41, 5.74) is 29.1. The Kier molecular flexibility index (Phi) is 9.96. The van der Waals surface area contributed by atoms with Crippen LogP contribution in [0.15, 0.2) is 303 Å². The average Bonchev–Trinajstić information content (AvgIpc) is 4.30. The first-order valence-corrected chi connectivity index (χ1v) is 28.1. The second-order valence-corrected chi connectivity index (χ2v) is 22.0. The van der Waals surface area contributed by atoms with E-state index in [1.54, 1.807) is 0 Å². The zero-order chi connectivity index (χ0) is 53.2. The second kappa shape index (κ2) is 17.7. The van der Waals surface area contributed by atoms with Gasteiger partial charge >= 0.3 is 0 Å². The van der Waals surface area contributed by atoms with E-state index in [-0.39, 0.29) is 0 Å². The highest BCUT2D eigenvalue weighted by Gasteiger charge is 2.47. The van der Waals surface area contributed by atoms with Crippen molar-refractivity contribution < 1.29 is 0 Å². The van der Waals surface area contributed by atoms with Crippen molar-refractivity contribution in [1.82, 2.24) is 9.13 Å². The van der Waals surface area contributed by atoms with Gasteiger partial charge in [-0.25, -0.2) is 0 Å². The molecule has 0 spiro atoms. The minimum absolute atomic E-state index is 0.509. The molecule has 0 saturated carbocycles. The van der Waals surface area contributed by atoms with Gasteiger partial charge in [0.25, 0.3) is 0 Å². The number of rotatable bonds is 7. The standard InChI is InChI=1S/C79H50N2/c1-2-18-63(19-3-1)80-75-26-10-6-22-68(75)70-48-58(39-44-77(70)80)59-40-45-78-71(49-59)69-23-7-11-27-76(69)81(78)64-41-36-54(37-42-64)53-30-28-51(29-31-53)52-32-34-55(35-33-52)57-15-13-17-62(47-57)79-72-24-8-4-20-65(72)61-16-12-14-56(46-61)60-38-43-67(74(79)50-60)66-21-5-9-25-73(66)79/h1-50H. The molecule has 81 heavy (non-hydrogen) atoms. The van der Waals surface area contributed by atoms with Gasteiger partial charge in [0.15, 0.2) is 0 Å². The molecule has 0 N–H and O–H groups in total. The zero-order valence-corrected chi connectivity index (χ0v) is 44.3. The van der Waals surface area contributed by atoms with Gasteiger partial charge in [-0.05, 0) is 179 Å². The summed E-state index contributed by atoms with van der Waals surface area (Å²) < 4.78 is 4.79. The molecular formula is C79H50N2. The lowest BCUT2D eigenvalue weighted by Gasteiger charge is -2.35. The molecule has 0 radical (unpaired) electrons. The van der Waals surface area contributed by atoms with Gasteiger partial charge < -0.3 is 9.13 Å². The van der Waals surface area contributed by atoms with Crippen molar-refractivity contribution in [2.45, 2.75) is 5.41 Å². The highest BCUT2D eigenvalue weighted by atomic mass is 15.0. The maximum atomic E-state index is 2.47. The Bertz CT molecular complexity index is 5020. The fraction of sp³-hybridized carbons (Fsp3) is 0.0127. The number of fused-ring (bicyclic) bond motifs is 16. The van der Waals surface area contributed by atoms with Crippen molar-refractivity contribution in [1.29, 1.82) is 0 Å². The Balaban J connectivity index is 0.668. The highest BCUT2D eigenvalue weighted by Crippen LogP contribution is 2.59. The van der Waals surface area contributed by atoms with Crippen LogP contribution >= 0.6 is 0 Å². The molecule has 376 valence electrons. The molecule has 0 fully saturated rings. The molecule has 1 unspecified atom stereocenters. The summed E-state index contributed by atoms with van der Waals surface area (Å²) in [6.07, 6.45) is 0. The lowest BCUT2D eigenvalue weighted by atomic mass is 9.65. The van der Waals surface area contributed by atoms with Crippen molar-refractivity contribution in [3.8, 4) is 89.3 Å². The zero-order valence-electron chi connectivity index (χ0n) is 44.3. The Labute approximate surface area is 470 Å². The van der Waals surface area contributed by atoms with E-state index in [4.69, 9.17) is 0 Å². The molecule has 15 aromatic rings. The molecule has 2 aromatic heterocycles. The third-order valence-corrected chi connectivity index (χ3v) is 17.8. The van der Waals surface area contributed by atoms with Crippen molar-refractivity contribution >= 4 is 43.6 Å². The van der Waals surface area contributed by atoms with E-state index in [0.29, 0.717) is 0 Å². The highest BCUT2D eigenvalue weighted by molar-refractivity contribution is 6.13. The van der Waals surface area contributed by atoms with Crippen LogP contribution in [0, 0.1) is 0 Å². The average molecular weight is 1030 g/mol. The number of aromatic nitrogens is 2. The third-order valence-electron chi connectivity index (χ3n) is 17.8. The minimum atomic E-state index is -0.509.